The first-order valence-electron chi connectivity index (χ1n) is 15.5. The summed E-state index contributed by atoms with van der Waals surface area (Å²) in [5.41, 5.74) is 2.02. The summed E-state index contributed by atoms with van der Waals surface area (Å²) in [5, 5.41) is 22.1. The van der Waals surface area contributed by atoms with E-state index >= 15 is 0 Å². The number of methoxy groups -OCH3 is 2. The first kappa shape index (κ1) is 40.4. The predicted octanol–water partition coefficient (Wildman–Crippen LogP) is 1.88. The largest absolute Gasteiger partial charge is 0.493 e. The second kappa shape index (κ2) is 16.3. The van der Waals surface area contributed by atoms with Crippen molar-refractivity contribution < 1.29 is 142 Å². The number of ether oxygens (including phenoxy) is 9. The molecule has 2 aromatic carbocycles. The van der Waals surface area contributed by atoms with Gasteiger partial charge in [-0.15, -0.1) is 0 Å². The second-order valence-corrected chi connectivity index (χ2v) is 13.5. The van der Waals surface area contributed by atoms with Gasteiger partial charge in [-0.3, -0.25) is 4.79 Å². The Balaban J connectivity index is 0.00000243. The number of hydrogen-bond acceptors (Lipinski definition) is 14. The van der Waals surface area contributed by atoms with Gasteiger partial charge in [0.1, 0.15) is 30.2 Å². The number of fused-ring (bicyclic) bond motifs is 4. The van der Waals surface area contributed by atoms with Crippen LogP contribution in [0.4, 0.5) is 0 Å². The second-order valence-electron chi connectivity index (χ2n) is 12.2. The van der Waals surface area contributed by atoms with Gasteiger partial charge in [-0.2, -0.15) is 0 Å². The van der Waals surface area contributed by atoms with E-state index in [0.29, 0.717) is 34.6 Å². The SMILES string of the molecule is COc1cc([C@@H]2c3cc4c(cc3C(OC3O[C@@H]5COC(C)OC5C(O)C3O)[C@H]3CCC(=O)[C@H]23)OCO4)cc(OC)c1OCOP(=O)(O)O.[Y].[Y]. The number of rotatable bonds is 9. The van der Waals surface area contributed by atoms with Crippen LogP contribution in [-0.4, -0.2) is 97.2 Å². The maximum atomic E-state index is 13.8. The molecule has 6 unspecified atom stereocenters. The normalized spacial score (nSPS) is 32.5. The zero-order valence-corrected chi connectivity index (χ0v) is 34.0. The van der Waals surface area contributed by atoms with Crippen LogP contribution in [0, 0.1) is 11.8 Å². The first-order chi connectivity index (χ1) is 23.0. The molecular weight excluding hydrogens is 837 g/mol. The predicted molar refractivity (Wildman–Crippen MR) is 159 cm³/mol. The minimum atomic E-state index is -4.81. The van der Waals surface area contributed by atoms with E-state index in [0.717, 1.165) is 0 Å². The zero-order chi connectivity index (χ0) is 33.9. The standard InChI is InChI=1S/C31H37O16P.2Y/c1-13-40-10-23-30(45-13)26(33)27(34)31(46-23)47-28-15-4-5-18(32)25(15)24(16-8-19-20(9-17(16)28)42-11-41-19)14-6-21(38-2)29(22(7-14)39-3)43-12-44-48(35,36)37;;/h6-9,13,15,23-28,30-31,33-34H,4-5,10-12H2,1-3H3,(H2,35,36,37);;/t13?,15-,23+,24+,25+,26?,27?,28?,30?,31?;;/m0../s1. The summed E-state index contributed by atoms with van der Waals surface area (Å²) < 4.78 is 67.8. The number of hydrogen-bond donors (Lipinski definition) is 4. The van der Waals surface area contributed by atoms with E-state index in [1.165, 1.54) is 14.2 Å². The number of ketones is 1. The van der Waals surface area contributed by atoms with Gasteiger partial charge in [-0.05, 0) is 54.3 Å². The van der Waals surface area contributed by atoms with Gasteiger partial charge >= 0.3 is 7.82 Å². The third-order valence-corrected chi connectivity index (χ3v) is 10.00. The van der Waals surface area contributed by atoms with E-state index in [9.17, 15) is 19.6 Å². The molecule has 2 aromatic rings. The summed E-state index contributed by atoms with van der Waals surface area (Å²) in [5.74, 6) is -0.153. The maximum absolute atomic E-state index is 13.8. The molecule has 1 saturated carbocycles. The minimum absolute atomic E-state index is 0. The number of aliphatic hydroxyl groups is 2. The van der Waals surface area contributed by atoms with E-state index in [2.05, 4.69) is 4.52 Å². The topological polar surface area (TPSA) is 207 Å². The molecule has 16 nitrogen and oxygen atoms in total. The summed E-state index contributed by atoms with van der Waals surface area (Å²) in [6, 6.07) is 6.97. The Hall–Kier alpha value is -0.812. The van der Waals surface area contributed by atoms with Gasteiger partial charge in [-0.25, -0.2) is 9.09 Å². The van der Waals surface area contributed by atoms with Gasteiger partial charge in [0.05, 0.1) is 26.9 Å². The molecule has 0 aromatic heterocycles. The van der Waals surface area contributed by atoms with Crippen molar-refractivity contribution in [3.63, 3.8) is 0 Å². The summed E-state index contributed by atoms with van der Waals surface area (Å²) in [4.78, 5) is 32.0. The number of carbonyl (C=O) groups is 1. The molecule has 50 heavy (non-hydrogen) atoms. The van der Waals surface area contributed by atoms with Gasteiger partial charge in [0.2, 0.25) is 19.3 Å². The summed E-state index contributed by atoms with van der Waals surface area (Å²) in [6.45, 7) is 1.05. The number of benzene rings is 2. The number of carbonyl (C=O) groups excluding carboxylic acids is 1. The molecule has 0 bridgehead atoms. The van der Waals surface area contributed by atoms with Crippen molar-refractivity contribution >= 4 is 13.6 Å². The maximum Gasteiger partial charge on any atom is 0.472 e. The molecule has 3 heterocycles. The van der Waals surface area contributed by atoms with Crippen molar-refractivity contribution in [3.8, 4) is 28.7 Å². The quantitative estimate of drug-likeness (QED) is 0.210. The van der Waals surface area contributed by atoms with Crippen molar-refractivity contribution in [2.45, 2.75) is 68.8 Å². The molecule has 0 amide bonds. The molecule has 0 spiro atoms. The monoisotopic (exact) mass is 874 g/mol. The molecule has 10 atom stereocenters. The van der Waals surface area contributed by atoms with Gasteiger partial charge in [0, 0.05) is 89.6 Å². The summed E-state index contributed by atoms with van der Waals surface area (Å²) in [6.07, 6.45) is -6.06. The van der Waals surface area contributed by atoms with Crippen LogP contribution in [0.5, 0.6) is 28.7 Å². The van der Waals surface area contributed by atoms with E-state index in [1.807, 2.05) is 12.1 Å². The molecule has 19 heteroatoms. The molecule has 4 N–H and O–H groups in total. The molecule has 7 rings (SSSR count). The number of phosphoric ester groups is 1. The van der Waals surface area contributed by atoms with Gasteiger partial charge in [-0.1, -0.05) is 0 Å². The van der Waals surface area contributed by atoms with E-state index in [1.54, 1.807) is 19.1 Å². The molecular formula is C31H37O16PY2. The van der Waals surface area contributed by atoms with Crippen LogP contribution in [0.15, 0.2) is 24.3 Å². The van der Waals surface area contributed by atoms with Crippen LogP contribution in [0.2, 0.25) is 0 Å². The van der Waals surface area contributed by atoms with Crippen LogP contribution >= 0.6 is 7.82 Å². The van der Waals surface area contributed by atoms with Crippen LogP contribution < -0.4 is 23.7 Å². The Morgan fingerprint density at radius 3 is 2.24 bits per heavy atom. The average molecular weight is 874 g/mol. The van der Waals surface area contributed by atoms with Crippen molar-refractivity contribution in [1.29, 1.82) is 0 Å². The Morgan fingerprint density at radius 2 is 1.60 bits per heavy atom. The van der Waals surface area contributed by atoms with E-state index < -0.39 is 69.6 Å². The first-order valence-corrected chi connectivity index (χ1v) is 17.0. The zero-order valence-electron chi connectivity index (χ0n) is 27.4. The molecule has 2 saturated heterocycles. The number of Topliss-reactive ketones (excluding diaryl/α,β-unsaturated/α-hetero) is 1. The fraction of sp³-hybridized carbons (Fsp3) is 0.581. The summed E-state index contributed by atoms with van der Waals surface area (Å²) >= 11 is 0. The minimum Gasteiger partial charge on any atom is -0.493 e. The molecule has 3 fully saturated rings. The Labute approximate surface area is 337 Å². The third-order valence-electron chi connectivity index (χ3n) is 9.56. The van der Waals surface area contributed by atoms with Crippen LogP contribution in [0.3, 0.4) is 0 Å². The van der Waals surface area contributed by atoms with Crippen LogP contribution in [0.25, 0.3) is 0 Å². The molecule has 5 aliphatic rings. The third kappa shape index (κ3) is 7.72. The molecule has 2 aliphatic carbocycles. The van der Waals surface area contributed by atoms with E-state index in [-0.39, 0.29) is 114 Å². The van der Waals surface area contributed by atoms with Gasteiger partial charge in [0.25, 0.3) is 0 Å². The van der Waals surface area contributed by atoms with Gasteiger partial charge < -0.3 is 62.6 Å². The molecule has 3 aliphatic heterocycles. The van der Waals surface area contributed by atoms with Crippen molar-refractivity contribution in [1.82, 2.24) is 0 Å². The number of phosphoric acid groups is 1. The van der Waals surface area contributed by atoms with Crippen molar-refractivity contribution in [2.24, 2.45) is 11.8 Å². The van der Waals surface area contributed by atoms with Crippen molar-refractivity contribution in [3.05, 3.63) is 41.0 Å². The smallest absolute Gasteiger partial charge is 0.472 e. The fourth-order valence-corrected chi connectivity index (χ4v) is 7.66. The Morgan fingerprint density at radius 1 is 0.940 bits per heavy atom. The Bertz CT molecular complexity index is 1580. The van der Waals surface area contributed by atoms with Crippen molar-refractivity contribution in [2.75, 3.05) is 34.4 Å². The summed E-state index contributed by atoms with van der Waals surface area (Å²) in [7, 11) is -2.02. The van der Waals surface area contributed by atoms with E-state index in [4.69, 9.17) is 52.4 Å². The average Bonchev–Trinajstić information content (AvgIpc) is 3.68. The van der Waals surface area contributed by atoms with Crippen LogP contribution in [0.1, 0.15) is 48.5 Å². The van der Waals surface area contributed by atoms with Gasteiger partial charge in [0.15, 0.2) is 35.6 Å². The fourth-order valence-electron chi connectivity index (χ4n) is 7.47. The molecule has 2 radical (unpaired) electrons. The molecule has 268 valence electrons. The Kier molecular flexibility index (Phi) is 13.1. The van der Waals surface area contributed by atoms with Crippen LogP contribution in [-0.2, 0) is 98.2 Å². The number of aliphatic hydroxyl groups excluding tert-OH is 2.